The molecule has 0 aromatic rings. The van der Waals surface area contributed by atoms with Crippen LogP contribution in [0.25, 0.3) is 0 Å². The lowest BCUT2D eigenvalue weighted by Crippen LogP contribution is -2.54. The number of carbonyl (C=O) groups excluding carboxylic acids is 1. The van der Waals surface area contributed by atoms with Crippen molar-refractivity contribution in [1.29, 1.82) is 0 Å². The summed E-state index contributed by atoms with van der Waals surface area (Å²) in [7, 11) is 0. The molecule has 0 radical (unpaired) electrons. The van der Waals surface area contributed by atoms with Crippen molar-refractivity contribution < 1.29 is 4.79 Å². The second-order valence-corrected chi connectivity index (χ2v) is 4.21. The molecule has 0 aliphatic carbocycles. The lowest BCUT2D eigenvalue weighted by atomic mass is 9.91. The van der Waals surface area contributed by atoms with Crippen molar-refractivity contribution in [2.45, 2.75) is 38.8 Å². The predicted molar refractivity (Wildman–Crippen MR) is 56.6 cm³/mol. The lowest BCUT2D eigenvalue weighted by Gasteiger charge is -2.38. The summed E-state index contributed by atoms with van der Waals surface area (Å²) < 4.78 is 0. The van der Waals surface area contributed by atoms with Crippen LogP contribution in [0, 0.1) is 5.92 Å². The number of nitrogens with zero attached hydrogens (tertiary/aromatic N) is 1. The Labute approximate surface area is 85.6 Å². The number of likely N-dealkylation sites (tertiary alicyclic amines) is 1. The van der Waals surface area contributed by atoms with E-state index in [2.05, 4.69) is 18.7 Å². The molecule has 82 valence electrons. The summed E-state index contributed by atoms with van der Waals surface area (Å²) in [4.78, 5) is 13.4. The minimum absolute atomic E-state index is 0.0483. The molecule has 1 fully saturated rings. The highest BCUT2D eigenvalue weighted by Crippen LogP contribution is 2.18. The van der Waals surface area contributed by atoms with Gasteiger partial charge in [0.25, 0.3) is 0 Å². The number of hydrogen-bond acceptors (Lipinski definition) is 3. The molecule has 4 nitrogen and oxygen atoms in total. The summed E-state index contributed by atoms with van der Waals surface area (Å²) in [5.41, 5.74) is 11.2. The maximum Gasteiger partial charge on any atom is 0.223 e. The van der Waals surface area contributed by atoms with Gasteiger partial charge in [-0.25, -0.2) is 0 Å². The summed E-state index contributed by atoms with van der Waals surface area (Å²) in [5, 5.41) is 0. The summed E-state index contributed by atoms with van der Waals surface area (Å²) in [6.45, 7) is 6.04. The van der Waals surface area contributed by atoms with Crippen molar-refractivity contribution in [3.05, 3.63) is 0 Å². The van der Waals surface area contributed by atoms with E-state index in [0.717, 1.165) is 25.9 Å². The second-order valence-electron chi connectivity index (χ2n) is 4.21. The molecule has 0 aromatic carbocycles. The van der Waals surface area contributed by atoms with Crippen molar-refractivity contribution in [2.24, 2.45) is 17.4 Å². The molecule has 1 aliphatic heterocycles. The maximum atomic E-state index is 11.1. The molecule has 4 N–H and O–H groups in total. The molecule has 1 rings (SSSR count). The Bertz CT molecular complexity index is 208. The first-order valence-electron chi connectivity index (χ1n) is 5.35. The summed E-state index contributed by atoms with van der Waals surface area (Å²) in [6.07, 6.45) is 1.97. The van der Waals surface area contributed by atoms with E-state index in [0.29, 0.717) is 6.04 Å². The second kappa shape index (κ2) is 4.75. The smallest absolute Gasteiger partial charge is 0.223 e. The highest BCUT2D eigenvalue weighted by Gasteiger charge is 2.31. The number of rotatable bonds is 3. The first-order valence-corrected chi connectivity index (χ1v) is 5.35. The zero-order chi connectivity index (χ0) is 10.7. The van der Waals surface area contributed by atoms with Crippen molar-refractivity contribution in [3.63, 3.8) is 0 Å². The van der Waals surface area contributed by atoms with E-state index < -0.39 is 0 Å². The fourth-order valence-corrected chi connectivity index (χ4v) is 1.95. The third-order valence-corrected chi connectivity index (χ3v) is 3.28. The monoisotopic (exact) mass is 199 g/mol. The van der Waals surface area contributed by atoms with E-state index in [1.807, 2.05) is 0 Å². The van der Waals surface area contributed by atoms with Crippen LogP contribution in [0.4, 0.5) is 0 Å². The number of primary amides is 1. The standard InChI is InChI=1S/C10H21N3O/c1-3-7(2)13-5-4-9(11)8(6-13)10(12)14/h7-9H,3-6,11H2,1-2H3,(H2,12,14)/t7?,8-,9-/m1/s1. The van der Waals surface area contributed by atoms with E-state index in [1.165, 1.54) is 0 Å². The average Bonchev–Trinajstić information content (AvgIpc) is 2.17. The van der Waals surface area contributed by atoms with Gasteiger partial charge in [-0.3, -0.25) is 9.69 Å². The number of amides is 1. The van der Waals surface area contributed by atoms with Crippen LogP contribution in [0.1, 0.15) is 26.7 Å². The van der Waals surface area contributed by atoms with Crippen LogP contribution < -0.4 is 11.5 Å². The molecule has 1 amide bonds. The molecule has 1 saturated heterocycles. The molecular formula is C10H21N3O. The van der Waals surface area contributed by atoms with Crippen molar-refractivity contribution in [2.75, 3.05) is 13.1 Å². The van der Waals surface area contributed by atoms with Gasteiger partial charge in [0.05, 0.1) is 5.92 Å². The molecule has 1 aliphatic rings. The molecular weight excluding hydrogens is 178 g/mol. The van der Waals surface area contributed by atoms with Crippen molar-refractivity contribution in [3.8, 4) is 0 Å². The summed E-state index contributed by atoms with van der Waals surface area (Å²) >= 11 is 0. The molecule has 0 saturated carbocycles. The van der Waals surface area contributed by atoms with Gasteiger partial charge < -0.3 is 11.5 Å². The summed E-state index contributed by atoms with van der Waals surface area (Å²) in [6, 6.07) is 0.470. The molecule has 1 heterocycles. The zero-order valence-corrected chi connectivity index (χ0v) is 9.07. The predicted octanol–water partition coefficient (Wildman–Crippen LogP) is -0.0806. The zero-order valence-electron chi connectivity index (χ0n) is 9.07. The van der Waals surface area contributed by atoms with Gasteiger partial charge >= 0.3 is 0 Å². The number of carbonyl (C=O) groups is 1. The Morgan fingerprint density at radius 3 is 2.79 bits per heavy atom. The Morgan fingerprint density at radius 1 is 1.64 bits per heavy atom. The quantitative estimate of drug-likeness (QED) is 0.667. The van der Waals surface area contributed by atoms with Gasteiger partial charge in [0.1, 0.15) is 0 Å². The van der Waals surface area contributed by atoms with Gasteiger partial charge in [-0.1, -0.05) is 6.92 Å². The van der Waals surface area contributed by atoms with Gasteiger partial charge in [0.15, 0.2) is 0 Å². The van der Waals surface area contributed by atoms with E-state index in [-0.39, 0.29) is 17.9 Å². The van der Waals surface area contributed by atoms with Gasteiger partial charge in [0, 0.05) is 18.6 Å². The minimum atomic E-state index is -0.259. The van der Waals surface area contributed by atoms with E-state index in [9.17, 15) is 4.79 Å². The number of piperidine rings is 1. The molecule has 1 unspecified atom stereocenters. The van der Waals surface area contributed by atoms with E-state index >= 15 is 0 Å². The third-order valence-electron chi connectivity index (χ3n) is 3.28. The van der Waals surface area contributed by atoms with Gasteiger partial charge in [-0.2, -0.15) is 0 Å². The molecule has 0 bridgehead atoms. The molecule has 0 spiro atoms. The van der Waals surface area contributed by atoms with Crippen LogP contribution in [0.3, 0.4) is 0 Å². The van der Waals surface area contributed by atoms with Crippen LogP contribution in [-0.2, 0) is 4.79 Å². The lowest BCUT2D eigenvalue weighted by molar-refractivity contribution is -0.124. The molecule has 3 atom stereocenters. The average molecular weight is 199 g/mol. The van der Waals surface area contributed by atoms with Crippen molar-refractivity contribution in [1.82, 2.24) is 4.90 Å². The van der Waals surface area contributed by atoms with E-state index in [4.69, 9.17) is 11.5 Å². The highest BCUT2D eigenvalue weighted by atomic mass is 16.1. The number of hydrogen-bond donors (Lipinski definition) is 2. The van der Waals surface area contributed by atoms with Crippen LogP contribution in [0.2, 0.25) is 0 Å². The molecule has 0 aromatic heterocycles. The Balaban J connectivity index is 2.57. The normalized spacial score (nSPS) is 31.4. The van der Waals surface area contributed by atoms with E-state index in [1.54, 1.807) is 0 Å². The Kier molecular flexibility index (Phi) is 3.89. The SMILES string of the molecule is CCC(C)N1CC[C@@H](N)[C@H](C(N)=O)C1. The van der Waals surface area contributed by atoms with Crippen molar-refractivity contribution >= 4 is 5.91 Å². The van der Waals surface area contributed by atoms with Gasteiger partial charge in [-0.05, 0) is 26.3 Å². The first-order chi connectivity index (χ1) is 6.56. The van der Waals surface area contributed by atoms with Crippen LogP contribution in [0.15, 0.2) is 0 Å². The fourth-order valence-electron chi connectivity index (χ4n) is 1.95. The third kappa shape index (κ3) is 2.45. The van der Waals surface area contributed by atoms with Gasteiger partial charge in [-0.15, -0.1) is 0 Å². The maximum absolute atomic E-state index is 11.1. The largest absolute Gasteiger partial charge is 0.369 e. The highest BCUT2D eigenvalue weighted by molar-refractivity contribution is 5.77. The Hall–Kier alpha value is -0.610. The molecule has 4 heteroatoms. The van der Waals surface area contributed by atoms with Crippen LogP contribution in [0.5, 0.6) is 0 Å². The summed E-state index contributed by atoms with van der Waals surface area (Å²) in [5.74, 6) is -0.428. The van der Waals surface area contributed by atoms with Gasteiger partial charge in [0.2, 0.25) is 5.91 Å². The Morgan fingerprint density at radius 2 is 2.29 bits per heavy atom. The van der Waals surface area contributed by atoms with Crippen LogP contribution >= 0.6 is 0 Å². The fraction of sp³-hybridized carbons (Fsp3) is 0.900. The topological polar surface area (TPSA) is 72.3 Å². The minimum Gasteiger partial charge on any atom is -0.369 e. The number of nitrogens with two attached hydrogens (primary N) is 2. The molecule has 14 heavy (non-hydrogen) atoms. The first kappa shape index (κ1) is 11.5. The van der Waals surface area contributed by atoms with Crippen LogP contribution in [-0.4, -0.2) is 36.0 Å².